The van der Waals surface area contributed by atoms with Crippen molar-refractivity contribution in [3.63, 3.8) is 0 Å². The highest BCUT2D eigenvalue weighted by atomic mass is 16.2. The molecule has 0 bridgehead atoms. The van der Waals surface area contributed by atoms with E-state index < -0.39 is 0 Å². The van der Waals surface area contributed by atoms with E-state index in [1.165, 1.54) is 5.56 Å². The first kappa shape index (κ1) is 19.6. The van der Waals surface area contributed by atoms with Gasteiger partial charge >= 0.3 is 0 Å². The summed E-state index contributed by atoms with van der Waals surface area (Å²) in [4.78, 5) is 28.0. The molecule has 5 nitrogen and oxygen atoms in total. The van der Waals surface area contributed by atoms with Crippen molar-refractivity contribution in [3.8, 4) is 0 Å². The SMILES string of the molecule is CC(C)(C)c1ccc(C(=O)NCCC(=O)NCCc2cccnc2)cc1. The van der Waals surface area contributed by atoms with Gasteiger partial charge in [0.1, 0.15) is 0 Å². The summed E-state index contributed by atoms with van der Waals surface area (Å²) >= 11 is 0. The van der Waals surface area contributed by atoms with Crippen LogP contribution in [-0.4, -0.2) is 29.9 Å². The fourth-order valence-corrected chi connectivity index (χ4v) is 2.49. The second-order valence-electron chi connectivity index (χ2n) is 7.29. The van der Waals surface area contributed by atoms with Crippen LogP contribution < -0.4 is 10.6 Å². The molecule has 1 aromatic heterocycles. The van der Waals surface area contributed by atoms with Gasteiger partial charge < -0.3 is 10.6 Å². The molecule has 0 aliphatic carbocycles. The lowest BCUT2D eigenvalue weighted by Crippen LogP contribution is -2.31. The third-order valence-electron chi connectivity index (χ3n) is 4.11. The Labute approximate surface area is 155 Å². The minimum absolute atomic E-state index is 0.0584. The quantitative estimate of drug-likeness (QED) is 0.804. The van der Waals surface area contributed by atoms with Crippen molar-refractivity contribution in [2.45, 2.75) is 39.0 Å². The third-order valence-corrected chi connectivity index (χ3v) is 4.11. The monoisotopic (exact) mass is 353 g/mol. The first-order valence-electron chi connectivity index (χ1n) is 8.90. The molecule has 26 heavy (non-hydrogen) atoms. The summed E-state index contributed by atoms with van der Waals surface area (Å²) in [5.74, 6) is -0.231. The highest BCUT2D eigenvalue weighted by molar-refractivity contribution is 5.94. The fourth-order valence-electron chi connectivity index (χ4n) is 2.49. The van der Waals surface area contributed by atoms with Gasteiger partial charge in [0, 0.05) is 37.5 Å². The zero-order valence-electron chi connectivity index (χ0n) is 15.7. The van der Waals surface area contributed by atoms with Crippen LogP contribution in [0, 0.1) is 0 Å². The molecule has 138 valence electrons. The molecular weight excluding hydrogens is 326 g/mol. The molecule has 0 spiro atoms. The molecule has 0 radical (unpaired) electrons. The van der Waals surface area contributed by atoms with Crippen LogP contribution in [0.15, 0.2) is 48.8 Å². The third kappa shape index (κ3) is 6.31. The Bertz CT molecular complexity index is 719. The number of nitrogens with zero attached hydrogens (tertiary/aromatic N) is 1. The van der Waals surface area contributed by atoms with Crippen LogP contribution in [0.3, 0.4) is 0 Å². The van der Waals surface area contributed by atoms with E-state index in [1.54, 1.807) is 12.4 Å². The van der Waals surface area contributed by atoms with Crippen LogP contribution in [0.2, 0.25) is 0 Å². The standard InChI is InChI=1S/C21H27N3O2/c1-21(2,3)18-8-6-17(7-9-18)20(26)24-14-11-19(25)23-13-10-16-5-4-12-22-15-16/h4-9,12,15H,10-11,13-14H2,1-3H3,(H,23,25)(H,24,26). The number of carbonyl (C=O) groups is 2. The number of hydrogen-bond donors (Lipinski definition) is 2. The van der Waals surface area contributed by atoms with E-state index in [1.807, 2.05) is 36.4 Å². The van der Waals surface area contributed by atoms with Crippen molar-refractivity contribution in [2.24, 2.45) is 0 Å². The Morgan fingerprint density at radius 1 is 1.00 bits per heavy atom. The maximum atomic E-state index is 12.1. The smallest absolute Gasteiger partial charge is 0.251 e. The molecular formula is C21H27N3O2. The maximum Gasteiger partial charge on any atom is 0.251 e. The van der Waals surface area contributed by atoms with E-state index in [9.17, 15) is 9.59 Å². The molecule has 0 saturated carbocycles. The maximum absolute atomic E-state index is 12.1. The van der Waals surface area contributed by atoms with Crippen molar-refractivity contribution in [3.05, 3.63) is 65.5 Å². The van der Waals surface area contributed by atoms with E-state index in [0.717, 1.165) is 12.0 Å². The zero-order valence-corrected chi connectivity index (χ0v) is 15.7. The number of pyridine rings is 1. The minimum Gasteiger partial charge on any atom is -0.356 e. The highest BCUT2D eigenvalue weighted by Gasteiger charge is 2.14. The number of nitrogens with one attached hydrogen (secondary N) is 2. The second-order valence-corrected chi connectivity index (χ2v) is 7.29. The average molecular weight is 353 g/mol. The number of hydrogen-bond acceptors (Lipinski definition) is 3. The van der Waals surface area contributed by atoms with Gasteiger partial charge in [-0.15, -0.1) is 0 Å². The second kappa shape index (κ2) is 9.13. The zero-order chi connectivity index (χ0) is 19.0. The summed E-state index contributed by atoms with van der Waals surface area (Å²) < 4.78 is 0. The van der Waals surface area contributed by atoms with Crippen molar-refractivity contribution >= 4 is 11.8 Å². The predicted octanol–water partition coefficient (Wildman–Crippen LogP) is 2.86. The Hall–Kier alpha value is -2.69. The van der Waals surface area contributed by atoms with Gasteiger partial charge in [-0.25, -0.2) is 0 Å². The van der Waals surface area contributed by atoms with Gasteiger partial charge in [0.2, 0.25) is 5.91 Å². The van der Waals surface area contributed by atoms with E-state index in [-0.39, 0.29) is 23.7 Å². The predicted molar refractivity (Wildman–Crippen MR) is 103 cm³/mol. The van der Waals surface area contributed by atoms with Crippen molar-refractivity contribution in [1.82, 2.24) is 15.6 Å². The van der Waals surface area contributed by atoms with Crippen LogP contribution in [0.5, 0.6) is 0 Å². The van der Waals surface area contributed by atoms with E-state index in [0.29, 0.717) is 18.7 Å². The Balaban J connectivity index is 1.68. The Morgan fingerprint density at radius 3 is 2.35 bits per heavy atom. The first-order chi connectivity index (χ1) is 12.4. The molecule has 0 aliphatic rings. The normalized spacial score (nSPS) is 11.0. The van der Waals surface area contributed by atoms with Gasteiger partial charge in [0.05, 0.1) is 0 Å². The van der Waals surface area contributed by atoms with Crippen LogP contribution in [0.4, 0.5) is 0 Å². The van der Waals surface area contributed by atoms with E-state index in [2.05, 4.69) is 36.4 Å². The first-order valence-corrected chi connectivity index (χ1v) is 8.90. The topological polar surface area (TPSA) is 71.1 Å². The molecule has 0 fully saturated rings. The highest BCUT2D eigenvalue weighted by Crippen LogP contribution is 2.22. The summed E-state index contributed by atoms with van der Waals surface area (Å²) in [6, 6.07) is 11.4. The fraction of sp³-hybridized carbons (Fsp3) is 0.381. The molecule has 0 saturated heterocycles. The van der Waals surface area contributed by atoms with Crippen LogP contribution in [0.1, 0.15) is 48.7 Å². The summed E-state index contributed by atoms with van der Waals surface area (Å²) in [5.41, 5.74) is 2.93. The average Bonchev–Trinajstić information content (AvgIpc) is 2.62. The van der Waals surface area contributed by atoms with E-state index in [4.69, 9.17) is 0 Å². The van der Waals surface area contributed by atoms with Crippen LogP contribution in [-0.2, 0) is 16.6 Å². The summed E-state index contributed by atoms with van der Waals surface area (Å²) in [7, 11) is 0. The van der Waals surface area contributed by atoms with Gasteiger partial charge in [-0.05, 0) is 41.2 Å². The molecule has 1 aromatic carbocycles. The summed E-state index contributed by atoms with van der Waals surface area (Å²) in [5, 5.41) is 5.64. The van der Waals surface area contributed by atoms with Crippen molar-refractivity contribution < 1.29 is 9.59 Å². The Morgan fingerprint density at radius 2 is 1.73 bits per heavy atom. The van der Waals surface area contributed by atoms with Gasteiger partial charge in [0.25, 0.3) is 5.91 Å². The number of benzene rings is 1. The van der Waals surface area contributed by atoms with Gasteiger partial charge in [-0.1, -0.05) is 39.0 Å². The minimum atomic E-state index is -0.159. The summed E-state index contributed by atoms with van der Waals surface area (Å²) in [6.45, 7) is 7.28. The molecule has 2 N–H and O–H groups in total. The molecule has 0 atom stereocenters. The van der Waals surface area contributed by atoms with Crippen LogP contribution in [0.25, 0.3) is 0 Å². The van der Waals surface area contributed by atoms with Gasteiger partial charge in [0.15, 0.2) is 0 Å². The van der Waals surface area contributed by atoms with Crippen molar-refractivity contribution in [1.29, 1.82) is 0 Å². The number of aromatic nitrogens is 1. The van der Waals surface area contributed by atoms with Crippen molar-refractivity contribution in [2.75, 3.05) is 13.1 Å². The molecule has 2 aromatic rings. The molecule has 5 heteroatoms. The lowest BCUT2D eigenvalue weighted by Gasteiger charge is -2.19. The number of amides is 2. The molecule has 1 heterocycles. The molecule has 2 amide bonds. The van der Waals surface area contributed by atoms with Gasteiger partial charge in [-0.3, -0.25) is 14.6 Å². The summed E-state index contributed by atoms with van der Waals surface area (Å²) in [6.07, 6.45) is 4.52. The molecule has 2 rings (SSSR count). The lowest BCUT2D eigenvalue weighted by atomic mass is 9.87. The lowest BCUT2D eigenvalue weighted by molar-refractivity contribution is -0.120. The molecule has 0 unspecified atom stereocenters. The van der Waals surface area contributed by atoms with Crippen LogP contribution >= 0.6 is 0 Å². The molecule has 0 aliphatic heterocycles. The number of rotatable bonds is 7. The largest absolute Gasteiger partial charge is 0.356 e. The Kier molecular flexibility index (Phi) is 6.89. The van der Waals surface area contributed by atoms with Gasteiger partial charge in [-0.2, -0.15) is 0 Å². The number of carbonyl (C=O) groups excluding carboxylic acids is 2. The van der Waals surface area contributed by atoms with E-state index >= 15 is 0 Å².